The van der Waals surface area contributed by atoms with Gasteiger partial charge in [0.15, 0.2) is 5.75 Å². The summed E-state index contributed by atoms with van der Waals surface area (Å²) in [6, 6.07) is 5.54. The molecule has 1 unspecified atom stereocenters. The van der Waals surface area contributed by atoms with Crippen molar-refractivity contribution in [1.29, 1.82) is 0 Å². The van der Waals surface area contributed by atoms with Crippen LogP contribution in [0.5, 0.6) is 5.75 Å². The summed E-state index contributed by atoms with van der Waals surface area (Å²) >= 11 is 6.13. The Kier molecular flexibility index (Phi) is 5.22. The molecule has 0 aliphatic heterocycles. The van der Waals surface area contributed by atoms with Crippen molar-refractivity contribution in [3.8, 4) is 5.75 Å². The van der Waals surface area contributed by atoms with Gasteiger partial charge < -0.3 is 4.74 Å². The molecule has 2 aromatic rings. The first kappa shape index (κ1) is 15.8. The fourth-order valence-electron chi connectivity index (χ4n) is 2.45. The van der Waals surface area contributed by atoms with Crippen molar-refractivity contribution in [3.05, 3.63) is 46.2 Å². The predicted octanol–water partition coefficient (Wildman–Crippen LogP) is 2.82. The summed E-state index contributed by atoms with van der Waals surface area (Å²) in [6.07, 6.45) is 2.69. The largest absolute Gasteiger partial charge is 0.493 e. The third-order valence-electron chi connectivity index (χ3n) is 3.49. The average Bonchev–Trinajstić information content (AvgIpc) is 2.87. The highest BCUT2D eigenvalue weighted by Crippen LogP contribution is 2.32. The maximum atomic E-state index is 6.13. The number of hydrogen-bond acceptors (Lipinski definition) is 4. The van der Waals surface area contributed by atoms with Crippen LogP contribution in [0.15, 0.2) is 24.4 Å². The molecule has 0 fully saturated rings. The second kappa shape index (κ2) is 6.93. The van der Waals surface area contributed by atoms with E-state index in [1.165, 1.54) is 0 Å². The number of rotatable bonds is 6. The SMILES string of the molecule is CCCn1ncc(OC)c1C(NN)c1cc(Cl)ccc1C. The van der Waals surface area contributed by atoms with Gasteiger partial charge in [0.2, 0.25) is 0 Å². The zero-order valence-electron chi connectivity index (χ0n) is 12.6. The monoisotopic (exact) mass is 308 g/mol. The molecule has 21 heavy (non-hydrogen) atoms. The van der Waals surface area contributed by atoms with Crippen LogP contribution in [0, 0.1) is 6.92 Å². The highest BCUT2D eigenvalue weighted by Gasteiger charge is 2.24. The van der Waals surface area contributed by atoms with Crippen LogP contribution in [0.2, 0.25) is 5.02 Å². The lowest BCUT2D eigenvalue weighted by molar-refractivity contribution is 0.398. The van der Waals surface area contributed by atoms with E-state index in [1.54, 1.807) is 13.3 Å². The number of nitrogens with zero attached hydrogens (tertiary/aromatic N) is 2. The number of nitrogens with two attached hydrogens (primary N) is 1. The van der Waals surface area contributed by atoms with Crippen molar-refractivity contribution < 1.29 is 4.74 Å². The zero-order valence-corrected chi connectivity index (χ0v) is 13.3. The van der Waals surface area contributed by atoms with Gasteiger partial charge >= 0.3 is 0 Å². The quantitative estimate of drug-likeness (QED) is 0.636. The van der Waals surface area contributed by atoms with E-state index in [-0.39, 0.29) is 6.04 Å². The van der Waals surface area contributed by atoms with Crippen molar-refractivity contribution >= 4 is 11.6 Å². The van der Waals surface area contributed by atoms with E-state index < -0.39 is 0 Å². The van der Waals surface area contributed by atoms with E-state index in [0.29, 0.717) is 10.8 Å². The van der Waals surface area contributed by atoms with Gasteiger partial charge in [-0.1, -0.05) is 24.6 Å². The Balaban J connectivity index is 2.55. The van der Waals surface area contributed by atoms with Gasteiger partial charge in [0.25, 0.3) is 0 Å². The highest BCUT2D eigenvalue weighted by atomic mass is 35.5. The minimum atomic E-state index is -0.229. The number of nitrogens with one attached hydrogen (secondary N) is 1. The molecular formula is C15H21ClN4O. The molecule has 0 amide bonds. The second-order valence-electron chi connectivity index (χ2n) is 4.92. The fourth-order valence-corrected chi connectivity index (χ4v) is 2.64. The number of benzene rings is 1. The van der Waals surface area contributed by atoms with E-state index in [1.807, 2.05) is 29.8 Å². The first-order valence-electron chi connectivity index (χ1n) is 6.94. The number of methoxy groups -OCH3 is 1. The molecule has 1 atom stereocenters. The predicted molar refractivity (Wildman–Crippen MR) is 84.4 cm³/mol. The van der Waals surface area contributed by atoms with Crippen LogP contribution in [0.4, 0.5) is 0 Å². The number of aromatic nitrogens is 2. The molecule has 114 valence electrons. The van der Waals surface area contributed by atoms with Gasteiger partial charge in [-0.15, -0.1) is 0 Å². The van der Waals surface area contributed by atoms with Crippen LogP contribution in [0.1, 0.15) is 36.2 Å². The lowest BCUT2D eigenvalue weighted by Gasteiger charge is -2.21. The van der Waals surface area contributed by atoms with Crippen molar-refractivity contribution in [2.24, 2.45) is 5.84 Å². The molecule has 0 saturated carbocycles. The van der Waals surface area contributed by atoms with Gasteiger partial charge in [-0.2, -0.15) is 5.10 Å². The number of halogens is 1. The Bertz CT molecular complexity index is 612. The maximum Gasteiger partial charge on any atom is 0.161 e. The molecule has 0 aliphatic carbocycles. The number of hydrazine groups is 1. The fraction of sp³-hybridized carbons (Fsp3) is 0.400. The first-order valence-corrected chi connectivity index (χ1v) is 7.32. The molecule has 5 nitrogen and oxygen atoms in total. The van der Waals surface area contributed by atoms with Gasteiger partial charge in [0.1, 0.15) is 5.69 Å². The Labute approximate surface area is 130 Å². The standard InChI is InChI=1S/C15H21ClN4O/c1-4-7-20-15(13(21-3)9-18-20)14(19-17)12-8-11(16)6-5-10(12)2/h5-6,8-9,14,19H,4,7,17H2,1-3H3. The summed E-state index contributed by atoms with van der Waals surface area (Å²) < 4.78 is 7.36. The summed E-state index contributed by atoms with van der Waals surface area (Å²) in [5, 5.41) is 5.06. The molecule has 0 spiro atoms. The molecule has 3 N–H and O–H groups in total. The van der Waals surface area contributed by atoms with Crippen LogP contribution >= 0.6 is 11.6 Å². The number of hydrogen-bond donors (Lipinski definition) is 2. The Hall–Kier alpha value is -1.56. The van der Waals surface area contributed by atoms with E-state index in [4.69, 9.17) is 22.2 Å². The summed E-state index contributed by atoms with van der Waals surface area (Å²) in [6.45, 7) is 4.94. The molecule has 1 aromatic heterocycles. The highest BCUT2D eigenvalue weighted by molar-refractivity contribution is 6.30. The molecule has 0 saturated heterocycles. The van der Waals surface area contributed by atoms with Crippen molar-refractivity contribution in [3.63, 3.8) is 0 Å². The van der Waals surface area contributed by atoms with Crippen molar-refractivity contribution in [2.45, 2.75) is 32.9 Å². The Morgan fingerprint density at radius 3 is 2.86 bits per heavy atom. The van der Waals surface area contributed by atoms with Crippen molar-refractivity contribution in [2.75, 3.05) is 7.11 Å². The summed E-state index contributed by atoms with van der Waals surface area (Å²) in [7, 11) is 1.63. The Morgan fingerprint density at radius 2 is 2.24 bits per heavy atom. The van der Waals surface area contributed by atoms with Crippen LogP contribution in [-0.4, -0.2) is 16.9 Å². The zero-order chi connectivity index (χ0) is 15.4. The topological polar surface area (TPSA) is 65.1 Å². The normalized spacial score (nSPS) is 12.4. The molecule has 6 heteroatoms. The molecule has 2 rings (SSSR count). The van der Waals surface area contributed by atoms with Crippen LogP contribution in [-0.2, 0) is 6.54 Å². The minimum Gasteiger partial charge on any atom is -0.493 e. The average molecular weight is 309 g/mol. The van der Waals surface area contributed by atoms with Crippen LogP contribution in [0.3, 0.4) is 0 Å². The molecule has 1 aromatic carbocycles. The lowest BCUT2D eigenvalue weighted by atomic mass is 9.98. The van der Waals surface area contributed by atoms with Gasteiger partial charge in [-0.05, 0) is 36.6 Å². The van der Waals surface area contributed by atoms with Gasteiger partial charge in [-0.25, -0.2) is 5.43 Å². The van der Waals surface area contributed by atoms with E-state index in [9.17, 15) is 0 Å². The maximum absolute atomic E-state index is 6.13. The molecular weight excluding hydrogens is 288 g/mol. The molecule has 0 bridgehead atoms. The van der Waals surface area contributed by atoms with E-state index in [2.05, 4.69) is 17.4 Å². The van der Waals surface area contributed by atoms with E-state index >= 15 is 0 Å². The molecule has 0 radical (unpaired) electrons. The third kappa shape index (κ3) is 3.20. The number of ether oxygens (including phenoxy) is 1. The smallest absolute Gasteiger partial charge is 0.161 e. The summed E-state index contributed by atoms with van der Waals surface area (Å²) in [4.78, 5) is 0. The second-order valence-corrected chi connectivity index (χ2v) is 5.36. The molecule has 1 heterocycles. The number of aryl methyl sites for hydroxylation is 2. The Morgan fingerprint density at radius 1 is 1.48 bits per heavy atom. The summed E-state index contributed by atoms with van der Waals surface area (Å²) in [5.74, 6) is 6.53. The van der Waals surface area contributed by atoms with Crippen LogP contribution in [0.25, 0.3) is 0 Å². The van der Waals surface area contributed by atoms with Gasteiger partial charge in [0.05, 0.1) is 19.3 Å². The van der Waals surface area contributed by atoms with Gasteiger partial charge in [0, 0.05) is 11.6 Å². The summed E-state index contributed by atoms with van der Waals surface area (Å²) in [5.41, 5.74) is 5.89. The van der Waals surface area contributed by atoms with E-state index in [0.717, 1.165) is 29.8 Å². The van der Waals surface area contributed by atoms with Gasteiger partial charge in [-0.3, -0.25) is 10.5 Å². The first-order chi connectivity index (χ1) is 10.1. The lowest BCUT2D eigenvalue weighted by Crippen LogP contribution is -2.31. The minimum absolute atomic E-state index is 0.229. The van der Waals surface area contributed by atoms with Crippen molar-refractivity contribution in [1.82, 2.24) is 15.2 Å². The molecule has 0 aliphatic rings. The van der Waals surface area contributed by atoms with Crippen LogP contribution < -0.4 is 16.0 Å². The third-order valence-corrected chi connectivity index (χ3v) is 3.73.